The van der Waals surface area contributed by atoms with Crippen molar-refractivity contribution in [3.05, 3.63) is 35.4 Å². The molecule has 0 amide bonds. The fourth-order valence-corrected chi connectivity index (χ4v) is 1.92. The number of nitrogens with two attached hydrogens (primary N) is 2. The number of carboxylic acid groups (broad SMARTS) is 1. The highest BCUT2D eigenvalue weighted by molar-refractivity contribution is 5.73. The van der Waals surface area contributed by atoms with Crippen LogP contribution in [0.3, 0.4) is 0 Å². The van der Waals surface area contributed by atoms with Crippen LogP contribution in [0, 0.1) is 5.92 Å². The molecule has 4 heteroatoms. The van der Waals surface area contributed by atoms with Crippen LogP contribution in [0.5, 0.6) is 0 Å². The summed E-state index contributed by atoms with van der Waals surface area (Å²) in [7, 11) is 0. The summed E-state index contributed by atoms with van der Waals surface area (Å²) in [6, 6.07) is 6.95. The van der Waals surface area contributed by atoms with Gasteiger partial charge in [-0.3, -0.25) is 4.79 Å². The van der Waals surface area contributed by atoms with Crippen molar-refractivity contribution in [3.8, 4) is 0 Å². The molecule has 1 aromatic rings. The van der Waals surface area contributed by atoms with E-state index in [1.54, 1.807) is 0 Å². The van der Waals surface area contributed by atoms with Crippen LogP contribution in [0.4, 0.5) is 0 Å². The molecule has 0 spiro atoms. The second kappa shape index (κ2) is 7.26. The second-order valence-corrected chi connectivity index (χ2v) is 5.47. The molecule has 0 saturated carbocycles. The zero-order valence-corrected chi connectivity index (χ0v) is 11.7. The van der Waals surface area contributed by atoms with Crippen LogP contribution in [0.1, 0.15) is 43.9 Å². The molecule has 2 unspecified atom stereocenters. The largest absolute Gasteiger partial charge is 0.480 e. The lowest BCUT2D eigenvalue weighted by Gasteiger charge is -2.14. The van der Waals surface area contributed by atoms with E-state index in [1.165, 1.54) is 0 Å². The van der Waals surface area contributed by atoms with Gasteiger partial charge in [0.1, 0.15) is 6.04 Å². The third kappa shape index (κ3) is 5.41. The highest BCUT2D eigenvalue weighted by atomic mass is 16.4. The summed E-state index contributed by atoms with van der Waals surface area (Å²) < 4.78 is 0. The Morgan fingerprint density at radius 1 is 1.16 bits per heavy atom. The lowest BCUT2D eigenvalue weighted by molar-refractivity contribution is -0.138. The molecule has 0 aliphatic heterocycles. The van der Waals surface area contributed by atoms with E-state index in [0.29, 0.717) is 12.3 Å². The topological polar surface area (TPSA) is 89.3 Å². The minimum absolute atomic E-state index is 0.0459. The molecule has 0 saturated heterocycles. The first-order chi connectivity index (χ1) is 8.90. The molecule has 0 radical (unpaired) electrons. The highest BCUT2D eigenvalue weighted by Gasteiger charge is 2.12. The number of hydrogen-bond donors (Lipinski definition) is 3. The molecule has 4 nitrogen and oxygen atoms in total. The van der Waals surface area contributed by atoms with Crippen LogP contribution in [-0.4, -0.2) is 17.1 Å². The number of rotatable bonds is 7. The van der Waals surface area contributed by atoms with Gasteiger partial charge in [-0.05, 0) is 36.3 Å². The van der Waals surface area contributed by atoms with Crippen LogP contribution in [0.15, 0.2) is 24.3 Å². The van der Waals surface area contributed by atoms with E-state index < -0.39 is 12.0 Å². The number of aliphatic carboxylic acids is 1. The number of carboxylic acids is 1. The molecule has 1 rings (SSSR count). The zero-order valence-electron chi connectivity index (χ0n) is 11.7. The molecule has 0 aliphatic carbocycles. The van der Waals surface area contributed by atoms with Crippen LogP contribution in [-0.2, 0) is 11.2 Å². The molecule has 1 aromatic carbocycles. The highest BCUT2D eigenvalue weighted by Crippen LogP contribution is 2.19. The predicted octanol–water partition coefficient (Wildman–Crippen LogP) is 2.08. The average molecular weight is 264 g/mol. The maximum absolute atomic E-state index is 10.7. The fraction of sp³-hybridized carbons (Fsp3) is 0.533. The molecule has 0 aromatic heterocycles. The van der Waals surface area contributed by atoms with Gasteiger partial charge >= 0.3 is 5.97 Å². The number of hydrogen-bond acceptors (Lipinski definition) is 3. The van der Waals surface area contributed by atoms with Crippen LogP contribution in [0.25, 0.3) is 0 Å². The van der Waals surface area contributed by atoms with E-state index in [9.17, 15) is 4.79 Å². The average Bonchev–Trinajstić information content (AvgIpc) is 2.36. The summed E-state index contributed by atoms with van der Waals surface area (Å²) in [5.74, 6) is -0.323. The fourth-order valence-electron chi connectivity index (χ4n) is 1.92. The Morgan fingerprint density at radius 3 is 2.21 bits per heavy atom. The maximum atomic E-state index is 10.7. The smallest absolute Gasteiger partial charge is 0.320 e. The quantitative estimate of drug-likeness (QED) is 0.703. The Balaban J connectivity index is 2.58. The minimum Gasteiger partial charge on any atom is -0.480 e. The summed E-state index contributed by atoms with van der Waals surface area (Å²) >= 11 is 0. The Morgan fingerprint density at radius 2 is 1.74 bits per heavy atom. The number of benzene rings is 1. The van der Waals surface area contributed by atoms with Gasteiger partial charge in [0.05, 0.1) is 0 Å². The second-order valence-electron chi connectivity index (χ2n) is 5.47. The molecular weight excluding hydrogens is 240 g/mol. The van der Waals surface area contributed by atoms with Crippen LogP contribution in [0.2, 0.25) is 0 Å². The van der Waals surface area contributed by atoms with Crippen molar-refractivity contribution in [2.24, 2.45) is 17.4 Å². The first-order valence-electron chi connectivity index (χ1n) is 6.73. The standard InChI is InChI=1S/C15H24N2O2/c1-10(2)3-8-13(16)12-6-4-11(5-7-12)9-14(17)15(18)19/h4-7,10,13-14H,3,8-9,16-17H2,1-2H3,(H,18,19). The summed E-state index contributed by atoms with van der Waals surface area (Å²) in [5.41, 5.74) is 13.6. The Hall–Kier alpha value is -1.39. The molecule has 0 heterocycles. The summed E-state index contributed by atoms with van der Waals surface area (Å²) in [5, 5.41) is 8.76. The van der Waals surface area contributed by atoms with E-state index >= 15 is 0 Å². The van der Waals surface area contributed by atoms with Gasteiger partial charge in [0.15, 0.2) is 0 Å². The molecule has 0 bridgehead atoms. The summed E-state index contributed by atoms with van der Waals surface area (Å²) in [6.45, 7) is 4.37. The van der Waals surface area contributed by atoms with Crippen molar-refractivity contribution < 1.29 is 9.90 Å². The molecular formula is C15H24N2O2. The lowest BCUT2D eigenvalue weighted by Crippen LogP contribution is -2.32. The molecule has 0 aliphatic rings. The predicted molar refractivity (Wildman–Crippen MR) is 76.8 cm³/mol. The molecule has 2 atom stereocenters. The summed E-state index contributed by atoms with van der Waals surface area (Å²) in [6.07, 6.45) is 2.41. The van der Waals surface area contributed by atoms with Gasteiger partial charge in [0.25, 0.3) is 0 Å². The molecule has 19 heavy (non-hydrogen) atoms. The first kappa shape index (κ1) is 15.7. The Bertz CT molecular complexity index is 401. The van der Waals surface area contributed by atoms with Gasteiger partial charge in [0, 0.05) is 6.04 Å². The normalized spacial score (nSPS) is 14.4. The van der Waals surface area contributed by atoms with Gasteiger partial charge in [-0.1, -0.05) is 38.1 Å². The van der Waals surface area contributed by atoms with E-state index in [0.717, 1.165) is 24.0 Å². The van der Waals surface area contributed by atoms with E-state index in [2.05, 4.69) is 13.8 Å². The van der Waals surface area contributed by atoms with Gasteiger partial charge in [-0.15, -0.1) is 0 Å². The zero-order chi connectivity index (χ0) is 14.4. The monoisotopic (exact) mass is 264 g/mol. The van der Waals surface area contributed by atoms with Crippen LogP contribution >= 0.6 is 0 Å². The minimum atomic E-state index is -0.974. The molecule has 106 valence electrons. The van der Waals surface area contributed by atoms with Gasteiger partial charge in [-0.2, -0.15) is 0 Å². The van der Waals surface area contributed by atoms with Crippen molar-refractivity contribution in [2.45, 2.75) is 45.2 Å². The molecule has 0 fully saturated rings. The van der Waals surface area contributed by atoms with Crippen molar-refractivity contribution in [1.29, 1.82) is 0 Å². The third-order valence-electron chi connectivity index (χ3n) is 3.24. The van der Waals surface area contributed by atoms with Crippen molar-refractivity contribution in [1.82, 2.24) is 0 Å². The molecule has 5 N–H and O–H groups in total. The SMILES string of the molecule is CC(C)CCC(N)c1ccc(CC(N)C(=O)O)cc1. The Labute approximate surface area is 114 Å². The first-order valence-corrected chi connectivity index (χ1v) is 6.73. The third-order valence-corrected chi connectivity index (χ3v) is 3.24. The maximum Gasteiger partial charge on any atom is 0.320 e. The van der Waals surface area contributed by atoms with E-state index in [4.69, 9.17) is 16.6 Å². The number of carbonyl (C=O) groups is 1. The van der Waals surface area contributed by atoms with E-state index in [1.807, 2.05) is 24.3 Å². The summed E-state index contributed by atoms with van der Waals surface area (Å²) in [4.78, 5) is 10.7. The van der Waals surface area contributed by atoms with Gasteiger partial charge < -0.3 is 16.6 Å². The van der Waals surface area contributed by atoms with Crippen molar-refractivity contribution in [2.75, 3.05) is 0 Å². The van der Waals surface area contributed by atoms with Crippen molar-refractivity contribution in [3.63, 3.8) is 0 Å². The Kier molecular flexibility index (Phi) is 5.99. The lowest BCUT2D eigenvalue weighted by atomic mass is 9.96. The van der Waals surface area contributed by atoms with Gasteiger partial charge in [-0.25, -0.2) is 0 Å². The van der Waals surface area contributed by atoms with E-state index in [-0.39, 0.29) is 6.04 Å². The van der Waals surface area contributed by atoms with Crippen LogP contribution < -0.4 is 11.5 Å². The van der Waals surface area contributed by atoms with Crippen molar-refractivity contribution >= 4 is 5.97 Å². The van der Waals surface area contributed by atoms with Gasteiger partial charge in [0.2, 0.25) is 0 Å².